The number of fused-ring (bicyclic) bond motifs is 1. The number of para-hydroxylation sites is 2. The van der Waals surface area contributed by atoms with E-state index in [1.54, 1.807) is 0 Å². The molecule has 0 atom stereocenters. The highest BCUT2D eigenvalue weighted by Crippen LogP contribution is 2.42. The van der Waals surface area contributed by atoms with Crippen LogP contribution >= 0.6 is 0 Å². The van der Waals surface area contributed by atoms with E-state index in [0.29, 0.717) is 12.5 Å². The minimum atomic E-state index is 0.630. The Morgan fingerprint density at radius 2 is 2.19 bits per heavy atom. The molecule has 110 valence electrons. The number of imidazole rings is 1. The minimum absolute atomic E-state index is 0.630. The lowest BCUT2D eigenvalue weighted by atomic mass is 10.1. The van der Waals surface area contributed by atoms with E-state index in [1.807, 2.05) is 13.0 Å². The summed E-state index contributed by atoms with van der Waals surface area (Å²) in [6.07, 6.45) is 3.57. The second-order valence-electron chi connectivity index (χ2n) is 5.80. The van der Waals surface area contributed by atoms with Crippen molar-refractivity contribution in [2.75, 3.05) is 13.2 Å². The average molecular weight is 283 g/mol. The van der Waals surface area contributed by atoms with Crippen molar-refractivity contribution in [1.82, 2.24) is 14.9 Å². The van der Waals surface area contributed by atoms with Crippen molar-refractivity contribution in [2.45, 2.75) is 38.6 Å². The Labute approximate surface area is 125 Å². The molecule has 1 fully saturated rings. The molecule has 1 aliphatic heterocycles. The molecule has 1 N–H and O–H groups in total. The van der Waals surface area contributed by atoms with Gasteiger partial charge in [-0.15, -0.1) is 0 Å². The van der Waals surface area contributed by atoms with E-state index >= 15 is 0 Å². The highest BCUT2D eigenvalue weighted by Gasteiger charge is 2.33. The van der Waals surface area contributed by atoms with E-state index in [-0.39, 0.29) is 0 Å². The molecule has 0 saturated heterocycles. The molecule has 1 saturated carbocycles. The fourth-order valence-corrected chi connectivity index (χ4v) is 3.14. The topological polar surface area (TPSA) is 39.1 Å². The van der Waals surface area contributed by atoms with Crippen molar-refractivity contribution in [1.29, 1.82) is 0 Å². The quantitative estimate of drug-likeness (QED) is 0.938. The SMILES string of the molecule is CCOc1ccccc1-n1c(C2CC2)nc2c1CCNC2. The van der Waals surface area contributed by atoms with Crippen LogP contribution in [0, 0.1) is 0 Å². The number of rotatable bonds is 4. The van der Waals surface area contributed by atoms with Crippen LogP contribution in [0.1, 0.15) is 42.9 Å². The second-order valence-corrected chi connectivity index (χ2v) is 5.80. The molecular weight excluding hydrogens is 262 g/mol. The summed E-state index contributed by atoms with van der Waals surface area (Å²) in [5, 5.41) is 3.42. The summed E-state index contributed by atoms with van der Waals surface area (Å²) in [6.45, 7) is 4.64. The van der Waals surface area contributed by atoms with Gasteiger partial charge in [-0.2, -0.15) is 0 Å². The Morgan fingerprint density at radius 1 is 1.33 bits per heavy atom. The normalized spacial score (nSPS) is 17.6. The van der Waals surface area contributed by atoms with Gasteiger partial charge in [0.1, 0.15) is 11.6 Å². The van der Waals surface area contributed by atoms with Crippen molar-refractivity contribution < 1.29 is 4.74 Å². The van der Waals surface area contributed by atoms with Crippen LogP contribution in [-0.4, -0.2) is 22.7 Å². The minimum Gasteiger partial charge on any atom is -0.492 e. The van der Waals surface area contributed by atoms with E-state index < -0.39 is 0 Å². The number of ether oxygens (including phenoxy) is 1. The number of hydrogen-bond acceptors (Lipinski definition) is 3. The van der Waals surface area contributed by atoms with Crippen molar-refractivity contribution in [3.8, 4) is 11.4 Å². The monoisotopic (exact) mass is 283 g/mol. The molecule has 2 heterocycles. The summed E-state index contributed by atoms with van der Waals surface area (Å²) in [5.74, 6) is 2.82. The molecule has 0 unspecified atom stereocenters. The van der Waals surface area contributed by atoms with Crippen LogP contribution < -0.4 is 10.1 Å². The fraction of sp³-hybridized carbons (Fsp3) is 0.471. The number of benzene rings is 1. The third-order valence-corrected chi connectivity index (χ3v) is 4.26. The average Bonchev–Trinajstić information content (AvgIpc) is 3.29. The lowest BCUT2D eigenvalue weighted by Crippen LogP contribution is -2.24. The van der Waals surface area contributed by atoms with Gasteiger partial charge in [-0.3, -0.25) is 4.57 Å². The van der Waals surface area contributed by atoms with Gasteiger partial charge in [0.15, 0.2) is 0 Å². The predicted molar refractivity (Wildman–Crippen MR) is 82.1 cm³/mol. The fourth-order valence-electron chi connectivity index (χ4n) is 3.14. The molecule has 21 heavy (non-hydrogen) atoms. The second kappa shape index (κ2) is 5.19. The molecule has 2 aromatic rings. The van der Waals surface area contributed by atoms with E-state index in [4.69, 9.17) is 9.72 Å². The van der Waals surface area contributed by atoms with E-state index in [0.717, 1.165) is 30.9 Å². The van der Waals surface area contributed by atoms with Crippen molar-refractivity contribution in [2.24, 2.45) is 0 Å². The van der Waals surface area contributed by atoms with Gasteiger partial charge in [0, 0.05) is 31.1 Å². The highest BCUT2D eigenvalue weighted by atomic mass is 16.5. The molecule has 4 nitrogen and oxygen atoms in total. The van der Waals surface area contributed by atoms with Crippen LogP contribution in [0.3, 0.4) is 0 Å². The van der Waals surface area contributed by atoms with E-state index in [2.05, 4.69) is 28.1 Å². The van der Waals surface area contributed by atoms with Crippen molar-refractivity contribution in [3.63, 3.8) is 0 Å². The van der Waals surface area contributed by atoms with Crippen LogP contribution in [0.2, 0.25) is 0 Å². The Kier molecular flexibility index (Phi) is 3.19. The summed E-state index contributed by atoms with van der Waals surface area (Å²) >= 11 is 0. The van der Waals surface area contributed by atoms with Crippen LogP contribution in [-0.2, 0) is 13.0 Å². The number of nitrogens with zero attached hydrogens (tertiary/aromatic N) is 2. The Hall–Kier alpha value is -1.81. The molecule has 1 aromatic heterocycles. The maximum absolute atomic E-state index is 5.84. The Bertz CT molecular complexity index is 658. The van der Waals surface area contributed by atoms with Gasteiger partial charge < -0.3 is 10.1 Å². The van der Waals surface area contributed by atoms with Gasteiger partial charge in [-0.05, 0) is 31.9 Å². The molecule has 4 heteroatoms. The van der Waals surface area contributed by atoms with Crippen LogP contribution in [0.15, 0.2) is 24.3 Å². The number of nitrogens with one attached hydrogen (secondary N) is 1. The van der Waals surface area contributed by atoms with Gasteiger partial charge >= 0.3 is 0 Å². The molecule has 0 amide bonds. The summed E-state index contributed by atoms with van der Waals surface area (Å²) in [6, 6.07) is 8.34. The molecular formula is C17H21N3O. The molecule has 1 aliphatic carbocycles. The number of hydrogen-bond donors (Lipinski definition) is 1. The van der Waals surface area contributed by atoms with Gasteiger partial charge in [-0.25, -0.2) is 4.98 Å². The van der Waals surface area contributed by atoms with Crippen LogP contribution in [0.5, 0.6) is 5.75 Å². The summed E-state index contributed by atoms with van der Waals surface area (Å²) in [5.41, 5.74) is 3.73. The third-order valence-electron chi connectivity index (χ3n) is 4.26. The van der Waals surface area contributed by atoms with Crippen LogP contribution in [0.4, 0.5) is 0 Å². The standard InChI is InChI=1S/C17H21N3O/c1-2-21-16-6-4-3-5-15(16)20-14-9-10-18-11-13(14)19-17(20)12-7-8-12/h3-6,12,18H,2,7-11H2,1H3. The first-order chi connectivity index (χ1) is 10.4. The van der Waals surface area contributed by atoms with E-state index in [1.165, 1.54) is 30.1 Å². The zero-order valence-electron chi connectivity index (χ0n) is 12.4. The van der Waals surface area contributed by atoms with E-state index in [9.17, 15) is 0 Å². The van der Waals surface area contributed by atoms with Crippen molar-refractivity contribution in [3.05, 3.63) is 41.5 Å². The molecule has 0 bridgehead atoms. The first kappa shape index (κ1) is 12.9. The maximum atomic E-state index is 5.84. The van der Waals surface area contributed by atoms with Crippen LogP contribution in [0.25, 0.3) is 5.69 Å². The number of aromatic nitrogens is 2. The van der Waals surface area contributed by atoms with Gasteiger partial charge in [0.25, 0.3) is 0 Å². The summed E-state index contributed by atoms with van der Waals surface area (Å²) in [7, 11) is 0. The predicted octanol–water partition coefficient (Wildman–Crippen LogP) is 2.79. The Balaban J connectivity index is 1.89. The molecule has 0 spiro atoms. The van der Waals surface area contributed by atoms with Gasteiger partial charge in [0.05, 0.1) is 18.0 Å². The smallest absolute Gasteiger partial charge is 0.143 e. The lowest BCUT2D eigenvalue weighted by Gasteiger charge is -2.18. The highest BCUT2D eigenvalue weighted by molar-refractivity contribution is 5.50. The first-order valence-electron chi connectivity index (χ1n) is 7.91. The molecule has 2 aliphatic rings. The maximum Gasteiger partial charge on any atom is 0.143 e. The zero-order valence-corrected chi connectivity index (χ0v) is 12.4. The molecule has 4 rings (SSSR count). The largest absolute Gasteiger partial charge is 0.492 e. The third kappa shape index (κ3) is 2.23. The van der Waals surface area contributed by atoms with Crippen molar-refractivity contribution >= 4 is 0 Å². The molecule has 1 aromatic carbocycles. The Morgan fingerprint density at radius 3 is 3.00 bits per heavy atom. The molecule has 0 radical (unpaired) electrons. The summed E-state index contributed by atoms with van der Waals surface area (Å²) < 4.78 is 8.22. The zero-order chi connectivity index (χ0) is 14.2. The lowest BCUT2D eigenvalue weighted by molar-refractivity contribution is 0.338. The first-order valence-corrected chi connectivity index (χ1v) is 7.91. The summed E-state index contributed by atoms with van der Waals surface area (Å²) in [4.78, 5) is 4.94. The van der Waals surface area contributed by atoms with Gasteiger partial charge in [-0.1, -0.05) is 12.1 Å². The van der Waals surface area contributed by atoms with Gasteiger partial charge in [0.2, 0.25) is 0 Å².